The molecule has 4 nitrogen and oxygen atoms in total. The predicted octanol–water partition coefficient (Wildman–Crippen LogP) is 7.99. The fourth-order valence-corrected chi connectivity index (χ4v) is 5.24. The molecule has 0 spiro atoms. The van der Waals surface area contributed by atoms with Crippen molar-refractivity contribution in [2.75, 3.05) is 0 Å². The summed E-state index contributed by atoms with van der Waals surface area (Å²) in [6.45, 7) is 5.86. The Kier molecular flexibility index (Phi) is 4.48. The summed E-state index contributed by atoms with van der Waals surface area (Å²) in [4.78, 5) is 15.2. The molecule has 5 heterocycles. The lowest BCUT2D eigenvalue weighted by molar-refractivity contribution is 1.30. The van der Waals surface area contributed by atoms with Gasteiger partial charge in [-0.3, -0.25) is 4.40 Å². The van der Waals surface area contributed by atoms with E-state index in [1.54, 1.807) is 6.08 Å². The van der Waals surface area contributed by atoms with Gasteiger partial charge < -0.3 is 0 Å². The molecule has 4 heteroatoms. The third-order valence-corrected chi connectivity index (χ3v) is 6.80. The summed E-state index contributed by atoms with van der Waals surface area (Å²) < 4.78 is 2.24. The van der Waals surface area contributed by atoms with Crippen molar-refractivity contribution in [3.8, 4) is 11.4 Å². The van der Waals surface area contributed by atoms with Crippen LogP contribution in [0.3, 0.4) is 0 Å². The van der Waals surface area contributed by atoms with Crippen LogP contribution in [-0.2, 0) is 0 Å². The van der Waals surface area contributed by atoms with Gasteiger partial charge in [-0.05, 0) is 36.8 Å². The Labute approximate surface area is 207 Å². The van der Waals surface area contributed by atoms with Crippen molar-refractivity contribution in [3.05, 3.63) is 115 Å². The maximum atomic E-state index is 5.17. The number of pyridine rings is 3. The normalized spacial score (nSPS) is 12.8. The highest BCUT2D eigenvalue weighted by atomic mass is 15.0. The van der Waals surface area contributed by atoms with E-state index in [0.29, 0.717) is 0 Å². The maximum absolute atomic E-state index is 5.17. The van der Waals surface area contributed by atoms with Gasteiger partial charge in [0.25, 0.3) is 0 Å². The topological polar surface area (TPSA) is 43.1 Å². The summed E-state index contributed by atoms with van der Waals surface area (Å²) in [6, 6.07) is 27.4. The number of aromatic nitrogens is 4. The second-order valence-electron chi connectivity index (χ2n) is 8.92. The molecule has 0 radical (unpaired) electrons. The quantitative estimate of drug-likeness (QED) is 0.197. The molecule has 0 N–H and O–H groups in total. The molecule has 0 aliphatic heterocycles. The van der Waals surface area contributed by atoms with Crippen LogP contribution in [0.1, 0.15) is 12.6 Å². The molecule has 7 aromatic rings. The number of hydrogen-bond donors (Lipinski definition) is 0. The standard InChI is InChI=1S/C32H22N4/c1-3-8-20(9-4-2)25-18-16-21-14-15-22-17-19-26(34-30(22)29(21)33-25)31-32-24-11-6-5-10-23(24)27-12-7-13-28(35-31)36(27)32/h3-19H,1H2,2H3/b9-4-,20-8+. The van der Waals surface area contributed by atoms with Crippen molar-refractivity contribution in [1.29, 1.82) is 0 Å². The second-order valence-corrected chi connectivity index (χ2v) is 8.92. The number of fused-ring (bicyclic) bond motifs is 6. The predicted molar refractivity (Wildman–Crippen MR) is 150 cm³/mol. The molecule has 0 saturated carbocycles. The summed E-state index contributed by atoms with van der Waals surface area (Å²) in [6.07, 6.45) is 7.83. The van der Waals surface area contributed by atoms with Gasteiger partial charge in [-0.1, -0.05) is 85.5 Å². The number of imidazole rings is 1. The minimum absolute atomic E-state index is 0.846. The van der Waals surface area contributed by atoms with E-state index in [-0.39, 0.29) is 0 Å². The highest BCUT2D eigenvalue weighted by Crippen LogP contribution is 2.37. The third-order valence-electron chi connectivity index (χ3n) is 6.80. The fourth-order valence-electron chi connectivity index (χ4n) is 5.24. The average molecular weight is 463 g/mol. The Morgan fingerprint density at radius 3 is 2.33 bits per heavy atom. The lowest BCUT2D eigenvalue weighted by atomic mass is 10.1. The van der Waals surface area contributed by atoms with Crippen molar-refractivity contribution < 1.29 is 0 Å². The summed E-state index contributed by atoms with van der Waals surface area (Å²) in [5.41, 5.74) is 8.60. The van der Waals surface area contributed by atoms with Crippen LogP contribution >= 0.6 is 0 Å². The highest BCUT2D eigenvalue weighted by Gasteiger charge is 2.19. The third kappa shape index (κ3) is 2.91. The summed E-state index contributed by atoms with van der Waals surface area (Å²) in [7, 11) is 0. The molecular formula is C32H22N4. The van der Waals surface area contributed by atoms with Crippen molar-refractivity contribution in [1.82, 2.24) is 19.4 Å². The molecule has 5 aromatic heterocycles. The largest absolute Gasteiger partial charge is 0.291 e. The number of allylic oxidation sites excluding steroid dienone is 5. The minimum Gasteiger partial charge on any atom is -0.291 e. The average Bonchev–Trinajstić information content (AvgIpc) is 3.48. The van der Waals surface area contributed by atoms with Gasteiger partial charge in [-0.2, -0.15) is 0 Å². The second kappa shape index (κ2) is 7.85. The van der Waals surface area contributed by atoms with Crippen molar-refractivity contribution >= 4 is 54.8 Å². The van der Waals surface area contributed by atoms with E-state index in [9.17, 15) is 0 Å². The number of rotatable bonds is 4. The fraction of sp³-hybridized carbons (Fsp3) is 0.0312. The van der Waals surface area contributed by atoms with Crippen molar-refractivity contribution in [3.63, 3.8) is 0 Å². The molecule has 2 aromatic carbocycles. The van der Waals surface area contributed by atoms with E-state index in [1.165, 1.54) is 16.3 Å². The molecular weight excluding hydrogens is 440 g/mol. The van der Waals surface area contributed by atoms with E-state index in [2.05, 4.69) is 89.8 Å². The van der Waals surface area contributed by atoms with Gasteiger partial charge in [0.2, 0.25) is 0 Å². The van der Waals surface area contributed by atoms with Gasteiger partial charge >= 0.3 is 0 Å². The lowest BCUT2D eigenvalue weighted by Gasteiger charge is -2.08. The molecule has 0 aliphatic carbocycles. The Hall–Kier alpha value is -4.83. The smallest absolute Gasteiger partial charge is 0.138 e. The van der Waals surface area contributed by atoms with E-state index in [0.717, 1.165) is 55.6 Å². The Morgan fingerprint density at radius 1 is 0.778 bits per heavy atom. The molecule has 0 amide bonds. The minimum atomic E-state index is 0.846. The zero-order valence-corrected chi connectivity index (χ0v) is 19.8. The van der Waals surface area contributed by atoms with Crippen LogP contribution < -0.4 is 0 Å². The number of nitrogens with zero attached hydrogens (tertiary/aromatic N) is 4. The first-order valence-electron chi connectivity index (χ1n) is 12.0. The number of benzene rings is 2. The molecule has 170 valence electrons. The van der Waals surface area contributed by atoms with Gasteiger partial charge in [-0.25, -0.2) is 15.0 Å². The van der Waals surface area contributed by atoms with Gasteiger partial charge in [-0.15, -0.1) is 0 Å². The van der Waals surface area contributed by atoms with Crippen LogP contribution in [0.5, 0.6) is 0 Å². The van der Waals surface area contributed by atoms with Gasteiger partial charge in [0.1, 0.15) is 11.3 Å². The first-order valence-corrected chi connectivity index (χ1v) is 12.0. The highest BCUT2D eigenvalue weighted by molar-refractivity contribution is 6.14. The maximum Gasteiger partial charge on any atom is 0.138 e. The monoisotopic (exact) mass is 462 g/mol. The summed E-state index contributed by atoms with van der Waals surface area (Å²) in [5, 5.41) is 4.52. The van der Waals surface area contributed by atoms with Crippen LogP contribution in [0.2, 0.25) is 0 Å². The molecule has 0 unspecified atom stereocenters. The molecule has 0 bridgehead atoms. The Morgan fingerprint density at radius 2 is 1.53 bits per heavy atom. The van der Waals surface area contributed by atoms with E-state index >= 15 is 0 Å². The number of hydrogen-bond acceptors (Lipinski definition) is 3. The zero-order valence-electron chi connectivity index (χ0n) is 19.8. The molecule has 7 rings (SSSR count). The van der Waals surface area contributed by atoms with Crippen LogP contribution in [0, 0.1) is 0 Å². The van der Waals surface area contributed by atoms with Gasteiger partial charge in [0.05, 0.1) is 33.5 Å². The first kappa shape index (κ1) is 20.5. The van der Waals surface area contributed by atoms with Crippen molar-refractivity contribution in [2.24, 2.45) is 0 Å². The SMILES string of the molecule is C=C/C=C(\C=C/C)c1ccc2ccc3ccc(-c4nc5cccc6c7ccccc7c4n56)nc3c2n1. The molecule has 0 atom stereocenters. The van der Waals surface area contributed by atoms with Crippen molar-refractivity contribution in [2.45, 2.75) is 6.92 Å². The lowest BCUT2D eigenvalue weighted by Crippen LogP contribution is -1.93. The van der Waals surface area contributed by atoms with Crippen LogP contribution in [0.15, 0.2) is 110 Å². The van der Waals surface area contributed by atoms with Gasteiger partial charge in [0, 0.05) is 21.5 Å². The van der Waals surface area contributed by atoms with E-state index in [4.69, 9.17) is 15.0 Å². The molecule has 0 aliphatic rings. The van der Waals surface area contributed by atoms with E-state index < -0.39 is 0 Å². The Balaban J connectivity index is 1.52. The molecule has 0 saturated heterocycles. The van der Waals surface area contributed by atoms with Crippen LogP contribution in [-0.4, -0.2) is 19.4 Å². The summed E-state index contributed by atoms with van der Waals surface area (Å²) in [5.74, 6) is 0. The summed E-state index contributed by atoms with van der Waals surface area (Å²) >= 11 is 0. The van der Waals surface area contributed by atoms with Gasteiger partial charge in [0.15, 0.2) is 0 Å². The van der Waals surface area contributed by atoms with Crippen LogP contribution in [0.4, 0.5) is 0 Å². The Bertz CT molecular complexity index is 2020. The first-order chi connectivity index (χ1) is 17.8. The van der Waals surface area contributed by atoms with E-state index in [1.807, 2.05) is 25.2 Å². The van der Waals surface area contributed by atoms with Crippen LogP contribution in [0.25, 0.3) is 66.2 Å². The molecule has 36 heavy (non-hydrogen) atoms. The molecule has 0 fully saturated rings. The zero-order chi connectivity index (χ0) is 24.2.